The maximum atomic E-state index is 13.1. The van der Waals surface area contributed by atoms with E-state index in [1.54, 1.807) is 13.8 Å². The number of carboxylic acid groups (broad SMARTS) is 2. The minimum Gasteiger partial charge on any atom is -0.508 e. The molecule has 0 aliphatic heterocycles. The van der Waals surface area contributed by atoms with E-state index in [4.69, 9.17) is 16.6 Å². The second-order valence-electron chi connectivity index (χ2n) is 9.11. The van der Waals surface area contributed by atoms with Gasteiger partial charge < -0.3 is 42.7 Å². The highest BCUT2D eigenvalue weighted by Crippen LogP contribution is 2.13. The maximum Gasteiger partial charge on any atom is 0.326 e. The summed E-state index contributed by atoms with van der Waals surface area (Å²) in [7, 11) is 0. The van der Waals surface area contributed by atoms with Crippen LogP contribution in [0.5, 0.6) is 5.75 Å². The van der Waals surface area contributed by atoms with Crippen LogP contribution in [-0.4, -0.2) is 75.1 Å². The van der Waals surface area contributed by atoms with Gasteiger partial charge in [-0.3, -0.25) is 24.0 Å². The third-order valence-corrected chi connectivity index (χ3v) is 5.56. The Morgan fingerprint density at radius 2 is 1.37 bits per heavy atom. The molecule has 0 heterocycles. The second kappa shape index (κ2) is 15.1. The number of carbonyl (C=O) groups is 6. The molecule has 0 spiro atoms. The highest BCUT2D eigenvalue weighted by Gasteiger charge is 2.31. The number of carboxylic acids is 2. The van der Waals surface area contributed by atoms with Gasteiger partial charge in [0, 0.05) is 19.3 Å². The average Bonchev–Trinajstić information content (AvgIpc) is 2.83. The van der Waals surface area contributed by atoms with Crippen LogP contribution in [0.25, 0.3) is 0 Å². The molecule has 4 unspecified atom stereocenters. The first-order valence-electron chi connectivity index (χ1n) is 11.9. The van der Waals surface area contributed by atoms with Gasteiger partial charge in [-0.05, 0) is 36.5 Å². The molecule has 0 fully saturated rings. The van der Waals surface area contributed by atoms with Crippen LogP contribution in [0, 0.1) is 5.92 Å². The number of amides is 4. The number of nitrogens with two attached hydrogens (primary N) is 2. The molecule has 38 heavy (non-hydrogen) atoms. The van der Waals surface area contributed by atoms with E-state index >= 15 is 0 Å². The minimum atomic E-state index is -1.36. The van der Waals surface area contributed by atoms with E-state index in [-0.39, 0.29) is 37.9 Å². The lowest BCUT2D eigenvalue weighted by Gasteiger charge is -2.26. The average molecular weight is 538 g/mol. The summed E-state index contributed by atoms with van der Waals surface area (Å²) in [5.41, 5.74) is 11.4. The summed E-state index contributed by atoms with van der Waals surface area (Å²) >= 11 is 0. The quantitative estimate of drug-likeness (QED) is 0.122. The SMILES string of the molecule is CC(C)C(NC(=O)C(Cc1ccc(O)cc1)NC(=O)C(CCC(N)=O)NC(=O)C(N)CCC(=O)O)C(=O)O. The Morgan fingerprint density at radius 3 is 1.87 bits per heavy atom. The number of primary amides is 1. The van der Waals surface area contributed by atoms with Gasteiger partial charge in [-0.2, -0.15) is 0 Å². The largest absolute Gasteiger partial charge is 0.508 e. The monoisotopic (exact) mass is 537 g/mol. The Kier molecular flexibility index (Phi) is 12.7. The molecule has 210 valence electrons. The fraction of sp³-hybridized carbons (Fsp3) is 0.500. The zero-order valence-electron chi connectivity index (χ0n) is 21.2. The number of phenols is 1. The van der Waals surface area contributed by atoms with Gasteiger partial charge in [0.25, 0.3) is 0 Å². The molecule has 4 atom stereocenters. The molecule has 0 aliphatic rings. The third kappa shape index (κ3) is 11.2. The molecular weight excluding hydrogens is 502 g/mol. The van der Waals surface area contributed by atoms with Crippen LogP contribution in [0.2, 0.25) is 0 Å². The first-order chi connectivity index (χ1) is 17.7. The van der Waals surface area contributed by atoms with E-state index in [1.165, 1.54) is 24.3 Å². The standard InChI is InChI=1S/C24H35N5O9/c1-12(2)20(24(37)38)29-23(36)17(11-13-3-5-14(30)6-4-13)28-22(35)16(8-9-18(26)31)27-21(34)15(25)7-10-19(32)33/h3-6,12,15-17,20,30H,7-11,25H2,1-2H3,(H2,26,31)(H,27,34)(H,28,35)(H,29,36)(H,32,33)(H,37,38). The van der Waals surface area contributed by atoms with Crippen LogP contribution < -0.4 is 27.4 Å². The number of hydrogen-bond donors (Lipinski definition) is 8. The summed E-state index contributed by atoms with van der Waals surface area (Å²) in [6.45, 7) is 3.19. The molecule has 0 radical (unpaired) electrons. The van der Waals surface area contributed by atoms with Crippen molar-refractivity contribution in [1.29, 1.82) is 0 Å². The van der Waals surface area contributed by atoms with Crippen LogP contribution >= 0.6 is 0 Å². The Balaban J connectivity index is 3.16. The number of hydrogen-bond acceptors (Lipinski definition) is 8. The lowest BCUT2D eigenvalue weighted by Crippen LogP contribution is -2.58. The molecule has 14 nitrogen and oxygen atoms in total. The van der Waals surface area contributed by atoms with Crippen molar-refractivity contribution in [1.82, 2.24) is 16.0 Å². The molecule has 0 aliphatic carbocycles. The van der Waals surface area contributed by atoms with Crippen LogP contribution in [0.1, 0.15) is 45.1 Å². The Labute approximate surface area is 219 Å². The van der Waals surface area contributed by atoms with Crippen molar-refractivity contribution in [3.05, 3.63) is 29.8 Å². The van der Waals surface area contributed by atoms with E-state index in [9.17, 15) is 39.0 Å². The molecular formula is C24H35N5O9. The Morgan fingerprint density at radius 1 is 0.816 bits per heavy atom. The molecule has 0 aromatic heterocycles. The number of nitrogens with one attached hydrogen (secondary N) is 3. The molecule has 1 rings (SSSR count). The number of rotatable bonds is 16. The number of aliphatic carboxylic acids is 2. The molecule has 14 heteroatoms. The number of carbonyl (C=O) groups excluding carboxylic acids is 4. The highest BCUT2D eigenvalue weighted by molar-refractivity contribution is 5.94. The second-order valence-corrected chi connectivity index (χ2v) is 9.11. The summed E-state index contributed by atoms with van der Waals surface area (Å²) < 4.78 is 0. The van der Waals surface area contributed by atoms with Crippen molar-refractivity contribution in [3.8, 4) is 5.75 Å². The molecule has 0 saturated heterocycles. The fourth-order valence-corrected chi connectivity index (χ4v) is 3.36. The normalized spacial score (nSPS) is 14.0. The predicted molar refractivity (Wildman–Crippen MR) is 133 cm³/mol. The third-order valence-electron chi connectivity index (χ3n) is 5.56. The van der Waals surface area contributed by atoms with Crippen molar-refractivity contribution in [2.75, 3.05) is 0 Å². The molecule has 1 aromatic rings. The minimum absolute atomic E-state index is 0.0296. The van der Waals surface area contributed by atoms with Crippen molar-refractivity contribution >= 4 is 35.6 Å². The maximum absolute atomic E-state index is 13.1. The smallest absolute Gasteiger partial charge is 0.326 e. The first-order valence-corrected chi connectivity index (χ1v) is 11.9. The van der Waals surface area contributed by atoms with Gasteiger partial charge in [0.05, 0.1) is 6.04 Å². The van der Waals surface area contributed by atoms with Crippen LogP contribution in [-0.2, 0) is 35.2 Å². The summed E-state index contributed by atoms with van der Waals surface area (Å²) in [6, 6.07) is 0.582. The molecule has 4 amide bonds. The van der Waals surface area contributed by atoms with Gasteiger partial charge >= 0.3 is 11.9 Å². The van der Waals surface area contributed by atoms with Gasteiger partial charge in [-0.25, -0.2) is 4.79 Å². The Bertz CT molecular complexity index is 1010. The lowest BCUT2D eigenvalue weighted by molar-refractivity contribution is -0.143. The summed E-state index contributed by atoms with van der Waals surface area (Å²) in [6.07, 6.45) is -1.23. The van der Waals surface area contributed by atoms with Crippen molar-refractivity contribution < 1.29 is 44.1 Å². The molecule has 1 aromatic carbocycles. The number of aromatic hydroxyl groups is 1. The fourth-order valence-electron chi connectivity index (χ4n) is 3.36. The Hall–Kier alpha value is -4.20. The van der Waals surface area contributed by atoms with Gasteiger partial charge in [0.1, 0.15) is 23.9 Å². The number of benzene rings is 1. The van der Waals surface area contributed by atoms with E-state index in [1.807, 2.05) is 0 Å². The summed E-state index contributed by atoms with van der Waals surface area (Å²) in [5.74, 6) is -6.24. The molecule has 0 bridgehead atoms. The van der Waals surface area contributed by atoms with Gasteiger partial charge in [-0.15, -0.1) is 0 Å². The van der Waals surface area contributed by atoms with Crippen molar-refractivity contribution in [2.45, 2.75) is 70.1 Å². The first kappa shape index (κ1) is 31.8. The van der Waals surface area contributed by atoms with Gasteiger partial charge in [0.15, 0.2) is 0 Å². The zero-order chi connectivity index (χ0) is 29.0. The van der Waals surface area contributed by atoms with E-state index < -0.39 is 65.7 Å². The van der Waals surface area contributed by atoms with Crippen LogP contribution in [0.4, 0.5) is 0 Å². The highest BCUT2D eigenvalue weighted by atomic mass is 16.4. The van der Waals surface area contributed by atoms with E-state index in [0.717, 1.165) is 0 Å². The lowest BCUT2D eigenvalue weighted by atomic mass is 10.0. The summed E-state index contributed by atoms with van der Waals surface area (Å²) in [5, 5.41) is 35.0. The predicted octanol–water partition coefficient (Wildman–Crippen LogP) is -1.41. The van der Waals surface area contributed by atoms with Crippen LogP contribution in [0.15, 0.2) is 24.3 Å². The van der Waals surface area contributed by atoms with Crippen molar-refractivity contribution in [3.63, 3.8) is 0 Å². The van der Waals surface area contributed by atoms with Gasteiger partial charge in [-0.1, -0.05) is 26.0 Å². The summed E-state index contributed by atoms with van der Waals surface area (Å²) in [4.78, 5) is 72.3. The number of phenolic OH excluding ortho intramolecular Hbond substituents is 1. The van der Waals surface area contributed by atoms with Gasteiger partial charge in [0.2, 0.25) is 23.6 Å². The zero-order valence-corrected chi connectivity index (χ0v) is 21.2. The van der Waals surface area contributed by atoms with Crippen molar-refractivity contribution in [2.24, 2.45) is 17.4 Å². The molecule has 10 N–H and O–H groups in total. The van der Waals surface area contributed by atoms with E-state index in [0.29, 0.717) is 5.56 Å². The van der Waals surface area contributed by atoms with E-state index in [2.05, 4.69) is 16.0 Å². The topological polar surface area (TPSA) is 251 Å². The van der Waals surface area contributed by atoms with Crippen LogP contribution in [0.3, 0.4) is 0 Å². The molecule has 0 saturated carbocycles.